The smallest absolute Gasteiger partial charge is 0.326 e. The van der Waals surface area contributed by atoms with Crippen molar-refractivity contribution in [3.8, 4) is 0 Å². The van der Waals surface area contributed by atoms with Gasteiger partial charge in [0.25, 0.3) is 0 Å². The van der Waals surface area contributed by atoms with Crippen molar-refractivity contribution in [3.05, 3.63) is 0 Å². The molecule has 7 heteroatoms. The van der Waals surface area contributed by atoms with E-state index in [-0.39, 0.29) is 0 Å². The highest BCUT2D eigenvalue weighted by Crippen LogP contribution is 2.29. The maximum absolute atomic E-state index is 11.5. The van der Waals surface area contributed by atoms with Crippen LogP contribution in [0.4, 0.5) is 13.2 Å². The molecule has 0 aromatic heterocycles. The predicted molar refractivity (Wildman–Crippen MR) is 27.8 cm³/mol. The molecule has 0 rings (SSSR count). The Morgan fingerprint density at radius 2 is 2.00 bits per heavy atom. The minimum Gasteiger partial charge on any atom is -0.326 e. The molecule has 0 aliphatic rings. The highest BCUT2D eigenvalue weighted by molar-refractivity contribution is 7.32. The first kappa shape index (κ1) is 9.94. The normalized spacial score (nSPS) is 18.5. The Bertz CT molecular complexity index is 133. The van der Waals surface area contributed by atoms with Gasteiger partial charge in [0.2, 0.25) is 0 Å². The van der Waals surface area contributed by atoms with Gasteiger partial charge < -0.3 is 4.89 Å². The second-order valence-electron chi connectivity index (χ2n) is 1.57. The molecule has 0 radical (unpaired) electrons. The van der Waals surface area contributed by atoms with E-state index in [0.717, 1.165) is 0 Å². The fourth-order valence-corrected chi connectivity index (χ4v) is 0.654. The summed E-state index contributed by atoms with van der Waals surface area (Å²) >= 11 is 0. The SMILES string of the molecule is CC(O[PH](=O)O)C(F)(F)F. The van der Waals surface area contributed by atoms with E-state index < -0.39 is 20.5 Å². The fraction of sp³-hybridized carbons (Fsp3) is 1.00. The monoisotopic (exact) mass is 178 g/mol. The van der Waals surface area contributed by atoms with Crippen molar-refractivity contribution in [3.63, 3.8) is 0 Å². The van der Waals surface area contributed by atoms with E-state index in [4.69, 9.17) is 4.89 Å². The van der Waals surface area contributed by atoms with Gasteiger partial charge in [-0.05, 0) is 6.92 Å². The molecule has 10 heavy (non-hydrogen) atoms. The molecular formula is C3H6F3O3P. The third-order valence-corrected chi connectivity index (χ3v) is 1.29. The average molecular weight is 178 g/mol. The molecule has 62 valence electrons. The third kappa shape index (κ3) is 3.87. The minimum absolute atomic E-state index is 0.665. The van der Waals surface area contributed by atoms with E-state index in [1.54, 1.807) is 0 Å². The van der Waals surface area contributed by atoms with Gasteiger partial charge in [-0.15, -0.1) is 0 Å². The van der Waals surface area contributed by atoms with Crippen molar-refractivity contribution in [2.75, 3.05) is 0 Å². The molecule has 0 aliphatic carbocycles. The second-order valence-corrected chi connectivity index (χ2v) is 2.34. The van der Waals surface area contributed by atoms with Gasteiger partial charge in [-0.25, -0.2) is 0 Å². The van der Waals surface area contributed by atoms with E-state index >= 15 is 0 Å². The fourth-order valence-electron chi connectivity index (χ4n) is 0.218. The van der Waals surface area contributed by atoms with Gasteiger partial charge in [-0.2, -0.15) is 13.2 Å². The van der Waals surface area contributed by atoms with Gasteiger partial charge in [0, 0.05) is 0 Å². The zero-order valence-corrected chi connectivity index (χ0v) is 5.97. The summed E-state index contributed by atoms with van der Waals surface area (Å²) in [7, 11) is -3.49. The molecule has 0 aromatic carbocycles. The Morgan fingerprint density at radius 1 is 1.60 bits per heavy atom. The first-order valence-electron chi connectivity index (χ1n) is 2.30. The van der Waals surface area contributed by atoms with Crippen LogP contribution in [0.15, 0.2) is 0 Å². The van der Waals surface area contributed by atoms with E-state index in [1.807, 2.05) is 0 Å². The van der Waals surface area contributed by atoms with Crippen molar-refractivity contribution < 1.29 is 27.2 Å². The summed E-state index contributed by atoms with van der Waals surface area (Å²) in [6, 6.07) is 0. The van der Waals surface area contributed by atoms with Crippen molar-refractivity contribution in [2.24, 2.45) is 0 Å². The molecule has 0 spiro atoms. The van der Waals surface area contributed by atoms with Gasteiger partial charge >= 0.3 is 14.4 Å². The van der Waals surface area contributed by atoms with Crippen LogP contribution in [0.1, 0.15) is 6.92 Å². The maximum atomic E-state index is 11.5. The van der Waals surface area contributed by atoms with Crippen LogP contribution in [0, 0.1) is 0 Å². The van der Waals surface area contributed by atoms with Gasteiger partial charge in [0.1, 0.15) is 0 Å². The van der Waals surface area contributed by atoms with Crippen molar-refractivity contribution in [1.82, 2.24) is 0 Å². The lowest BCUT2D eigenvalue weighted by molar-refractivity contribution is -0.189. The Morgan fingerprint density at radius 3 is 2.10 bits per heavy atom. The van der Waals surface area contributed by atoms with Crippen LogP contribution in [0.3, 0.4) is 0 Å². The Labute approximate surface area is 55.8 Å². The lowest BCUT2D eigenvalue weighted by Crippen LogP contribution is -2.26. The number of halogens is 3. The van der Waals surface area contributed by atoms with Crippen LogP contribution in [0.5, 0.6) is 0 Å². The summed E-state index contributed by atoms with van der Waals surface area (Å²) < 4.78 is 47.7. The standard InChI is InChI=1S/C3H6F3O3P/c1-2(3(4,5)6)9-10(7)8/h2,10H,1H3,(H,7,8). The van der Waals surface area contributed by atoms with Crippen LogP contribution in [-0.4, -0.2) is 17.2 Å². The van der Waals surface area contributed by atoms with Gasteiger partial charge in [-0.1, -0.05) is 0 Å². The van der Waals surface area contributed by atoms with Crippen LogP contribution < -0.4 is 0 Å². The van der Waals surface area contributed by atoms with Crippen molar-refractivity contribution in [2.45, 2.75) is 19.2 Å². The highest BCUT2D eigenvalue weighted by Gasteiger charge is 2.37. The molecule has 1 N–H and O–H groups in total. The van der Waals surface area contributed by atoms with Crippen molar-refractivity contribution >= 4 is 8.25 Å². The molecule has 0 saturated heterocycles. The molecule has 2 atom stereocenters. The summed E-state index contributed by atoms with van der Waals surface area (Å²) in [6.07, 6.45) is -6.74. The van der Waals surface area contributed by atoms with Gasteiger partial charge in [-0.3, -0.25) is 9.09 Å². The van der Waals surface area contributed by atoms with Gasteiger partial charge in [0.05, 0.1) is 0 Å². The molecule has 0 bridgehead atoms. The zero-order chi connectivity index (χ0) is 8.36. The number of hydrogen-bond donors (Lipinski definition) is 1. The quantitative estimate of drug-likeness (QED) is 0.649. The second kappa shape index (κ2) is 3.37. The largest absolute Gasteiger partial charge is 0.414 e. The van der Waals surface area contributed by atoms with Gasteiger partial charge in [0.15, 0.2) is 6.10 Å². The molecule has 0 aliphatic heterocycles. The topological polar surface area (TPSA) is 46.5 Å². The van der Waals surface area contributed by atoms with Crippen LogP contribution in [-0.2, 0) is 9.09 Å². The zero-order valence-electron chi connectivity index (χ0n) is 4.97. The Hall–Kier alpha value is -0.0600. The predicted octanol–water partition coefficient (Wildman–Crippen LogP) is 1.34. The molecule has 2 unspecified atom stereocenters. The first-order valence-corrected chi connectivity index (χ1v) is 3.56. The molecule has 0 fully saturated rings. The maximum Gasteiger partial charge on any atom is 0.414 e. The third-order valence-electron chi connectivity index (χ3n) is 0.739. The van der Waals surface area contributed by atoms with E-state index in [1.165, 1.54) is 0 Å². The van der Waals surface area contributed by atoms with E-state index in [9.17, 15) is 17.7 Å². The minimum atomic E-state index is -4.57. The van der Waals surface area contributed by atoms with Crippen molar-refractivity contribution in [1.29, 1.82) is 0 Å². The molecule has 0 heterocycles. The number of rotatable bonds is 2. The Kier molecular flexibility index (Phi) is 3.35. The average Bonchev–Trinajstić information content (AvgIpc) is 1.60. The molecule has 3 nitrogen and oxygen atoms in total. The molecule has 0 aromatic rings. The highest BCUT2D eigenvalue weighted by atomic mass is 31.1. The molecular weight excluding hydrogens is 172 g/mol. The summed E-state index contributed by atoms with van der Waals surface area (Å²) in [5.41, 5.74) is 0. The number of alkyl halides is 3. The van der Waals surface area contributed by atoms with E-state index in [2.05, 4.69) is 4.52 Å². The van der Waals surface area contributed by atoms with Crippen LogP contribution in [0.2, 0.25) is 0 Å². The summed E-state index contributed by atoms with van der Waals surface area (Å²) in [6.45, 7) is 0.665. The number of hydrogen-bond acceptors (Lipinski definition) is 2. The molecule has 0 saturated carbocycles. The summed E-state index contributed by atoms with van der Waals surface area (Å²) in [5, 5.41) is 0. The molecule has 0 amide bonds. The summed E-state index contributed by atoms with van der Waals surface area (Å²) in [4.78, 5) is 7.91. The van der Waals surface area contributed by atoms with Crippen LogP contribution >= 0.6 is 8.25 Å². The van der Waals surface area contributed by atoms with E-state index in [0.29, 0.717) is 6.92 Å². The lowest BCUT2D eigenvalue weighted by Gasteiger charge is -2.13. The Balaban J connectivity index is 3.85. The first-order chi connectivity index (χ1) is 4.34. The van der Waals surface area contributed by atoms with Crippen LogP contribution in [0.25, 0.3) is 0 Å². The lowest BCUT2D eigenvalue weighted by atomic mass is 10.4. The summed E-state index contributed by atoms with van der Waals surface area (Å²) in [5.74, 6) is 0.